The zero-order valence-electron chi connectivity index (χ0n) is 10.5. The maximum Gasteiger partial charge on any atom is 0.143 e. The van der Waals surface area contributed by atoms with Crippen LogP contribution in [0, 0.1) is 5.92 Å². The van der Waals surface area contributed by atoms with Crippen LogP contribution in [-0.2, 0) is 6.42 Å². The number of nitrogens with zero attached hydrogens (tertiary/aromatic N) is 1. The summed E-state index contributed by atoms with van der Waals surface area (Å²) in [5, 5.41) is 14.8. The topological polar surface area (TPSA) is 70.6 Å². The monoisotopic (exact) mass is 235 g/mol. The molecule has 1 aromatic rings. The molecule has 0 spiro atoms. The summed E-state index contributed by atoms with van der Waals surface area (Å²) in [5.74, 6) is 0.260. The van der Waals surface area contributed by atoms with Crippen molar-refractivity contribution in [3.8, 4) is 0 Å². The predicted octanol–water partition coefficient (Wildman–Crippen LogP) is 2.43. The third-order valence-electron chi connectivity index (χ3n) is 2.73. The normalized spacial score (nSPS) is 13.4. The number of anilines is 1. The average molecular weight is 235 g/mol. The molecule has 0 bridgehead atoms. The molecule has 4 heteroatoms. The lowest BCUT2D eigenvalue weighted by atomic mass is 10.1. The number of hydrogen-bond acceptors (Lipinski definition) is 3. The Morgan fingerprint density at radius 1 is 1.41 bits per heavy atom. The Morgan fingerprint density at radius 2 is 2.06 bits per heavy atom. The Hall–Kier alpha value is -1.71. The van der Waals surface area contributed by atoms with Crippen LogP contribution in [0.15, 0.2) is 29.4 Å². The summed E-state index contributed by atoms with van der Waals surface area (Å²) >= 11 is 0. The van der Waals surface area contributed by atoms with Gasteiger partial charge in [0.05, 0.1) is 0 Å². The van der Waals surface area contributed by atoms with Crippen molar-refractivity contribution in [2.75, 3.05) is 11.9 Å². The summed E-state index contributed by atoms with van der Waals surface area (Å²) in [7, 11) is 0. The van der Waals surface area contributed by atoms with Crippen molar-refractivity contribution >= 4 is 11.5 Å². The summed E-state index contributed by atoms with van der Waals surface area (Å²) in [6, 6.07) is 8.37. The molecular formula is C13H21N3O. The number of oxime groups is 1. The van der Waals surface area contributed by atoms with Crippen molar-refractivity contribution < 1.29 is 5.21 Å². The van der Waals surface area contributed by atoms with E-state index in [1.807, 2.05) is 6.92 Å². The molecule has 1 rings (SSSR count). The molecule has 0 heterocycles. The first-order valence-corrected chi connectivity index (χ1v) is 5.97. The van der Waals surface area contributed by atoms with E-state index in [0.29, 0.717) is 6.54 Å². The highest BCUT2D eigenvalue weighted by Crippen LogP contribution is 2.11. The van der Waals surface area contributed by atoms with Crippen molar-refractivity contribution in [1.82, 2.24) is 0 Å². The van der Waals surface area contributed by atoms with Crippen LogP contribution in [-0.4, -0.2) is 17.6 Å². The first-order valence-electron chi connectivity index (χ1n) is 5.97. The van der Waals surface area contributed by atoms with Gasteiger partial charge in [-0.15, -0.1) is 0 Å². The lowest BCUT2D eigenvalue weighted by Crippen LogP contribution is -2.27. The molecule has 4 N–H and O–H groups in total. The molecule has 0 aliphatic carbocycles. The molecule has 0 fully saturated rings. The molecule has 17 heavy (non-hydrogen) atoms. The fourth-order valence-electron chi connectivity index (χ4n) is 1.55. The Labute approximate surface area is 103 Å². The van der Waals surface area contributed by atoms with E-state index in [-0.39, 0.29) is 11.8 Å². The molecule has 1 unspecified atom stereocenters. The highest BCUT2D eigenvalue weighted by Gasteiger charge is 2.06. The van der Waals surface area contributed by atoms with Gasteiger partial charge in [0.1, 0.15) is 5.84 Å². The van der Waals surface area contributed by atoms with E-state index in [1.165, 1.54) is 5.56 Å². The van der Waals surface area contributed by atoms with Gasteiger partial charge in [-0.05, 0) is 24.1 Å². The summed E-state index contributed by atoms with van der Waals surface area (Å²) in [4.78, 5) is 0. The second kappa shape index (κ2) is 6.78. The maximum absolute atomic E-state index is 8.53. The van der Waals surface area contributed by atoms with Crippen molar-refractivity contribution in [3.05, 3.63) is 29.8 Å². The van der Waals surface area contributed by atoms with Gasteiger partial charge >= 0.3 is 0 Å². The number of aryl methyl sites for hydroxylation is 1. The number of nitrogens with one attached hydrogen (secondary N) is 1. The van der Waals surface area contributed by atoms with Crippen LogP contribution in [0.25, 0.3) is 0 Å². The van der Waals surface area contributed by atoms with Crippen LogP contribution >= 0.6 is 0 Å². The number of rotatable bonds is 6. The van der Waals surface area contributed by atoms with Gasteiger partial charge in [-0.3, -0.25) is 0 Å². The Balaban J connectivity index is 2.47. The zero-order valence-corrected chi connectivity index (χ0v) is 10.5. The number of amidine groups is 1. The molecule has 0 aliphatic heterocycles. The summed E-state index contributed by atoms with van der Waals surface area (Å²) < 4.78 is 0. The van der Waals surface area contributed by atoms with E-state index in [1.54, 1.807) is 0 Å². The highest BCUT2D eigenvalue weighted by molar-refractivity contribution is 5.82. The van der Waals surface area contributed by atoms with Crippen LogP contribution in [0.4, 0.5) is 5.69 Å². The lowest BCUT2D eigenvalue weighted by molar-refractivity contribution is 0.315. The molecule has 0 saturated heterocycles. The Kier molecular flexibility index (Phi) is 5.33. The Bertz CT molecular complexity index is 359. The smallest absolute Gasteiger partial charge is 0.143 e. The van der Waals surface area contributed by atoms with Crippen LogP contribution in [0.1, 0.15) is 25.8 Å². The van der Waals surface area contributed by atoms with E-state index in [9.17, 15) is 0 Å². The molecule has 0 saturated carbocycles. The van der Waals surface area contributed by atoms with Crippen molar-refractivity contribution in [2.24, 2.45) is 16.8 Å². The van der Waals surface area contributed by atoms with Crippen LogP contribution in [0.2, 0.25) is 0 Å². The quantitative estimate of drug-likeness (QED) is 0.307. The molecule has 0 amide bonds. The molecule has 1 atom stereocenters. The SMILES string of the molecule is CCCc1ccc(NCC(C)C(N)=NO)cc1. The van der Waals surface area contributed by atoms with Gasteiger partial charge < -0.3 is 16.3 Å². The summed E-state index contributed by atoms with van der Waals surface area (Å²) in [6.45, 7) is 4.74. The largest absolute Gasteiger partial charge is 0.409 e. The number of hydrogen-bond donors (Lipinski definition) is 3. The minimum absolute atomic E-state index is 0.00955. The first-order chi connectivity index (χ1) is 8.17. The molecule has 4 nitrogen and oxygen atoms in total. The standard InChI is InChI=1S/C13H21N3O/c1-3-4-11-5-7-12(8-6-11)15-9-10(2)13(14)16-17/h5-8,10,15,17H,3-4,9H2,1-2H3,(H2,14,16). The second-order valence-electron chi connectivity index (χ2n) is 4.25. The number of benzene rings is 1. The Morgan fingerprint density at radius 3 is 2.59 bits per heavy atom. The third kappa shape index (κ3) is 4.34. The van der Waals surface area contributed by atoms with E-state index in [0.717, 1.165) is 18.5 Å². The molecular weight excluding hydrogens is 214 g/mol. The van der Waals surface area contributed by atoms with E-state index in [4.69, 9.17) is 10.9 Å². The molecule has 94 valence electrons. The van der Waals surface area contributed by atoms with Crippen molar-refractivity contribution in [2.45, 2.75) is 26.7 Å². The zero-order chi connectivity index (χ0) is 12.7. The summed E-state index contributed by atoms with van der Waals surface area (Å²) in [6.07, 6.45) is 2.27. The number of nitrogens with two attached hydrogens (primary N) is 1. The van der Waals surface area contributed by atoms with E-state index >= 15 is 0 Å². The van der Waals surface area contributed by atoms with Gasteiger partial charge in [0.2, 0.25) is 0 Å². The fourth-order valence-corrected chi connectivity index (χ4v) is 1.55. The maximum atomic E-state index is 8.53. The van der Waals surface area contributed by atoms with E-state index in [2.05, 4.69) is 41.7 Å². The second-order valence-corrected chi connectivity index (χ2v) is 4.25. The van der Waals surface area contributed by atoms with Crippen LogP contribution in [0.5, 0.6) is 0 Å². The van der Waals surface area contributed by atoms with Gasteiger partial charge in [-0.1, -0.05) is 37.6 Å². The first kappa shape index (κ1) is 13.4. The van der Waals surface area contributed by atoms with Gasteiger partial charge in [0, 0.05) is 18.2 Å². The highest BCUT2D eigenvalue weighted by atomic mass is 16.4. The van der Waals surface area contributed by atoms with Gasteiger partial charge in [-0.2, -0.15) is 0 Å². The molecule has 0 aliphatic rings. The molecule has 1 aromatic carbocycles. The summed E-state index contributed by atoms with van der Waals surface area (Å²) in [5.41, 5.74) is 7.91. The third-order valence-corrected chi connectivity index (χ3v) is 2.73. The van der Waals surface area contributed by atoms with Crippen LogP contribution in [0.3, 0.4) is 0 Å². The van der Waals surface area contributed by atoms with Gasteiger partial charge in [0.25, 0.3) is 0 Å². The molecule has 0 radical (unpaired) electrons. The van der Waals surface area contributed by atoms with Gasteiger partial charge in [0.15, 0.2) is 0 Å². The van der Waals surface area contributed by atoms with Gasteiger partial charge in [-0.25, -0.2) is 0 Å². The minimum atomic E-state index is 0.00955. The fraction of sp³-hybridized carbons (Fsp3) is 0.462. The van der Waals surface area contributed by atoms with E-state index < -0.39 is 0 Å². The predicted molar refractivity (Wildman–Crippen MR) is 71.5 cm³/mol. The lowest BCUT2D eigenvalue weighted by Gasteiger charge is -2.12. The minimum Gasteiger partial charge on any atom is -0.409 e. The average Bonchev–Trinajstić information content (AvgIpc) is 2.37. The molecule has 0 aromatic heterocycles. The van der Waals surface area contributed by atoms with Crippen LogP contribution < -0.4 is 11.1 Å². The van der Waals surface area contributed by atoms with Crippen molar-refractivity contribution in [3.63, 3.8) is 0 Å². The van der Waals surface area contributed by atoms with Crippen molar-refractivity contribution in [1.29, 1.82) is 0 Å².